The zero-order valence-electron chi connectivity index (χ0n) is 16.6. The lowest BCUT2D eigenvalue weighted by Crippen LogP contribution is -2.19. The first-order valence-electron chi connectivity index (χ1n) is 9.06. The van der Waals surface area contributed by atoms with Crippen molar-refractivity contribution in [1.82, 2.24) is 14.5 Å². The van der Waals surface area contributed by atoms with E-state index < -0.39 is 9.84 Å². The molecule has 7 nitrogen and oxygen atoms in total. The van der Waals surface area contributed by atoms with Gasteiger partial charge >= 0.3 is 6.01 Å². The van der Waals surface area contributed by atoms with Gasteiger partial charge in [-0.1, -0.05) is 13.8 Å². The lowest BCUT2D eigenvalue weighted by atomic mass is 10.1. The summed E-state index contributed by atoms with van der Waals surface area (Å²) < 4.78 is 31.7. The van der Waals surface area contributed by atoms with Gasteiger partial charge in [0.05, 0.1) is 29.5 Å². The molecule has 8 heteroatoms. The van der Waals surface area contributed by atoms with E-state index in [1.807, 2.05) is 13.8 Å². The lowest BCUT2D eigenvalue weighted by Gasteiger charge is -2.14. The summed E-state index contributed by atoms with van der Waals surface area (Å²) >= 11 is 0. The Kier molecular flexibility index (Phi) is 6.75. The lowest BCUT2D eigenvalue weighted by molar-refractivity contribution is 0.291. The van der Waals surface area contributed by atoms with Gasteiger partial charge in [-0.15, -0.1) is 0 Å². The molecule has 0 radical (unpaired) electrons. The van der Waals surface area contributed by atoms with Gasteiger partial charge in [-0.25, -0.2) is 8.42 Å². The molecule has 0 saturated heterocycles. The van der Waals surface area contributed by atoms with Gasteiger partial charge < -0.3 is 9.30 Å². The third kappa shape index (κ3) is 5.15. The van der Waals surface area contributed by atoms with Crippen LogP contribution < -0.4 is 10.3 Å². The molecule has 0 fully saturated rings. The van der Waals surface area contributed by atoms with Crippen LogP contribution in [-0.2, 0) is 22.6 Å². The third-order valence-electron chi connectivity index (χ3n) is 4.17. The van der Waals surface area contributed by atoms with E-state index in [1.54, 1.807) is 33.2 Å². The number of aryl methyl sites for hydroxylation is 2. The molecule has 2 rings (SSSR count). The van der Waals surface area contributed by atoms with Crippen LogP contribution in [0.4, 0.5) is 0 Å². The fourth-order valence-electron chi connectivity index (χ4n) is 2.82. The molecule has 0 N–H and O–H groups in total. The zero-order chi connectivity index (χ0) is 20.2. The highest BCUT2D eigenvalue weighted by atomic mass is 32.2. The normalized spacial score (nSPS) is 11.6. The topological polar surface area (TPSA) is 91.1 Å². The minimum absolute atomic E-state index is 0.0846. The largest absolute Gasteiger partial charge is 0.463 e. The van der Waals surface area contributed by atoms with Gasteiger partial charge in [0.15, 0.2) is 9.84 Å². The Morgan fingerprint density at radius 2 is 1.85 bits per heavy atom. The number of rotatable bonds is 8. The van der Waals surface area contributed by atoms with E-state index >= 15 is 0 Å². The van der Waals surface area contributed by atoms with E-state index in [-0.39, 0.29) is 23.1 Å². The highest BCUT2D eigenvalue weighted by Crippen LogP contribution is 2.26. The summed E-state index contributed by atoms with van der Waals surface area (Å²) in [5, 5.41) is 0. The Morgan fingerprint density at radius 1 is 1.15 bits per heavy atom. The molecule has 2 aromatic rings. The molecule has 0 bridgehead atoms. The van der Waals surface area contributed by atoms with Gasteiger partial charge in [-0.2, -0.15) is 9.97 Å². The quantitative estimate of drug-likeness (QED) is 0.684. The molecule has 0 unspecified atom stereocenters. The molecular weight excluding hydrogens is 366 g/mol. The predicted molar refractivity (Wildman–Crippen MR) is 106 cm³/mol. The molecule has 0 aliphatic rings. The molecule has 0 amide bonds. The fourth-order valence-corrected chi connectivity index (χ4v) is 4.28. The Balaban J connectivity index is 2.62. The smallest absolute Gasteiger partial charge is 0.317 e. The first-order chi connectivity index (χ1) is 12.7. The number of aromatic nitrogens is 3. The van der Waals surface area contributed by atoms with Crippen molar-refractivity contribution in [3.8, 4) is 17.3 Å². The Bertz CT molecular complexity index is 955. The molecule has 2 heterocycles. The highest BCUT2D eigenvalue weighted by molar-refractivity contribution is 7.90. The van der Waals surface area contributed by atoms with Crippen molar-refractivity contribution in [2.75, 3.05) is 12.4 Å². The van der Waals surface area contributed by atoms with Gasteiger partial charge in [-0.3, -0.25) is 4.79 Å². The second-order valence-electron chi connectivity index (χ2n) is 6.69. The van der Waals surface area contributed by atoms with E-state index in [1.165, 1.54) is 4.57 Å². The maximum Gasteiger partial charge on any atom is 0.317 e. The van der Waals surface area contributed by atoms with Crippen molar-refractivity contribution in [2.45, 2.75) is 46.3 Å². The molecule has 0 atom stereocenters. The van der Waals surface area contributed by atoms with Crippen LogP contribution in [0.2, 0.25) is 0 Å². The molecule has 148 valence electrons. The summed E-state index contributed by atoms with van der Waals surface area (Å²) in [6.07, 6.45) is 3.03. The molecule has 0 spiro atoms. The van der Waals surface area contributed by atoms with Crippen molar-refractivity contribution in [3.63, 3.8) is 0 Å². The van der Waals surface area contributed by atoms with Crippen LogP contribution in [0.25, 0.3) is 11.3 Å². The number of nitrogens with zero attached hydrogens (tertiary/aromatic N) is 3. The fraction of sp³-hybridized carbons (Fsp3) is 0.526. The SMILES string of the molecule is CCCOc1nc(CS(=O)(=O)CCC)c(C)c(-c2cc(C)c(=O)n(C)c2)n1. The average molecular weight is 394 g/mol. The Hall–Kier alpha value is -2.22. The Morgan fingerprint density at radius 3 is 2.44 bits per heavy atom. The molecule has 2 aromatic heterocycles. The minimum Gasteiger partial charge on any atom is -0.463 e. The maximum absolute atomic E-state index is 12.3. The molecular formula is C19H27N3O4S. The van der Waals surface area contributed by atoms with Crippen molar-refractivity contribution < 1.29 is 13.2 Å². The minimum atomic E-state index is -3.27. The monoisotopic (exact) mass is 393 g/mol. The van der Waals surface area contributed by atoms with Crippen LogP contribution in [0, 0.1) is 13.8 Å². The first kappa shape index (κ1) is 21.1. The molecule has 27 heavy (non-hydrogen) atoms. The van der Waals surface area contributed by atoms with Gasteiger partial charge in [0.25, 0.3) is 5.56 Å². The van der Waals surface area contributed by atoms with E-state index in [4.69, 9.17) is 4.74 Å². The molecule has 0 aromatic carbocycles. The number of pyridine rings is 1. The van der Waals surface area contributed by atoms with Crippen LogP contribution in [0.3, 0.4) is 0 Å². The summed E-state index contributed by atoms with van der Waals surface area (Å²) in [5.41, 5.74) is 2.92. The van der Waals surface area contributed by atoms with E-state index in [0.717, 1.165) is 12.0 Å². The maximum atomic E-state index is 12.3. The third-order valence-corrected chi connectivity index (χ3v) is 5.91. The molecule has 0 aliphatic carbocycles. The van der Waals surface area contributed by atoms with Crippen LogP contribution in [0.5, 0.6) is 6.01 Å². The standard InChI is InChI=1S/C19H27N3O4S/c1-6-8-26-19-20-16(12-27(24,25)9-7-2)14(4)17(21-19)15-10-13(3)18(23)22(5)11-15/h10-11H,6-9,12H2,1-5H3. The summed E-state index contributed by atoms with van der Waals surface area (Å²) in [6, 6.07) is 1.91. The van der Waals surface area contributed by atoms with Crippen LogP contribution >= 0.6 is 0 Å². The van der Waals surface area contributed by atoms with E-state index in [0.29, 0.717) is 35.5 Å². The van der Waals surface area contributed by atoms with Crippen molar-refractivity contribution in [1.29, 1.82) is 0 Å². The summed E-state index contributed by atoms with van der Waals surface area (Å²) in [7, 11) is -1.59. The highest BCUT2D eigenvalue weighted by Gasteiger charge is 2.20. The molecule has 0 aliphatic heterocycles. The zero-order valence-corrected chi connectivity index (χ0v) is 17.4. The second kappa shape index (κ2) is 8.65. The summed E-state index contributed by atoms with van der Waals surface area (Å²) in [4.78, 5) is 20.8. The van der Waals surface area contributed by atoms with Gasteiger partial charge in [-0.05, 0) is 38.3 Å². The van der Waals surface area contributed by atoms with Crippen molar-refractivity contribution in [2.24, 2.45) is 7.05 Å². The van der Waals surface area contributed by atoms with Crippen molar-refractivity contribution >= 4 is 9.84 Å². The summed E-state index contributed by atoms with van der Waals surface area (Å²) in [6.45, 7) is 7.78. The predicted octanol–water partition coefficient (Wildman–Crippen LogP) is 2.57. The van der Waals surface area contributed by atoms with Crippen LogP contribution in [0.1, 0.15) is 43.5 Å². The number of ether oxygens (including phenoxy) is 1. The number of sulfone groups is 1. The van der Waals surface area contributed by atoms with Crippen LogP contribution in [-0.4, -0.2) is 35.3 Å². The van der Waals surface area contributed by atoms with Gasteiger partial charge in [0.1, 0.15) is 0 Å². The van der Waals surface area contributed by atoms with Gasteiger partial charge in [0, 0.05) is 24.4 Å². The second-order valence-corrected chi connectivity index (χ2v) is 8.88. The molecule has 0 saturated carbocycles. The van der Waals surface area contributed by atoms with Gasteiger partial charge in [0.2, 0.25) is 0 Å². The number of hydrogen-bond donors (Lipinski definition) is 0. The summed E-state index contributed by atoms with van der Waals surface area (Å²) in [5.74, 6) is -0.0503. The first-order valence-corrected chi connectivity index (χ1v) is 10.9. The Labute approximate surface area is 160 Å². The van der Waals surface area contributed by atoms with E-state index in [9.17, 15) is 13.2 Å². The van der Waals surface area contributed by atoms with Crippen LogP contribution in [0.15, 0.2) is 17.1 Å². The average Bonchev–Trinajstić information content (AvgIpc) is 2.59. The number of hydrogen-bond acceptors (Lipinski definition) is 6. The van der Waals surface area contributed by atoms with Crippen molar-refractivity contribution in [3.05, 3.63) is 39.4 Å². The van der Waals surface area contributed by atoms with E-state index in [2.05, 4.69) is 9.97 Å².